The summed E-state index contributed by atoms with van der Waals surface area (Å²) >= 11 is 0. The van der Waals surface area contributed by atoms with Crippen LogP contribution in [0.1, 0.15) is 59.9 Å². The Morgan fingerprint density at radius 2 is 1.88 bits per heavy atom. The van der Waals surface area contributed by atoms with E-state index in [9.17, 15) is 9.90 Å². The van der Waals surface area contributed by atoms with Crippen LogP contribution in [-0.2, 0) is 6.42 Å². The largest absolute Gasteiger partial charge is 0.478 e. The molecule has 0 spiro atoms. The lowest BCUT2D eigenvalue weighted by molar-refractivity contribution is 0.0698. The number of benzene rings is 1. The fourth-order valence-corrected chi connectivity index (χ4v) is 4.18. The number of aromatic nitrogens is 1. The van der Waals surface area contributed by atoms with Crippen molar-refractivity contribution in [2.75, 3.05) is 19.6 Å². The highest BCUT2D eigenvalue weighted by atomic mass is 16.4. The minimum Gasteiger partial charge on any atom is -0.478 e. The highest BCUT2D eigenvalue weighted by Crippen LogP contribution is 2.33. The Balaban J connectivity index is 2.13. The van der Waals surface area contributed by atoms with E-state index in [1.807, 2.05) is 6.92 Å². The Kier molecular flexibility index (Phi) is 4.68. The van der Waals surface area contributed by atoms with E-state index in [-0.39, 0.29) is 6.04 Å². The van der Waals surface area contributed by atoms with Crippen molar-refractivity contribution in [3.05, 3.63) is 34.5 Å². The maximum atomic E-state index is 11.8. The van der Waals surface area contributed by atoms with Gasteiger partial charge in [0.15, 0.2) is 0 Å². The summed E-state index contributed by atoms with van der Waals surface area (Å²) in [6, 6.07) is 4.20. The molecular weight excluding hydrogens is 300 g/mol. The van der Waals surface area contributed by atoms with Gasteiger partial charge in [-0.3, -0.25) is 0 Å². The summed E-state index contributed by atoms with van der Waals surface area (Å²) in [5, 5.41) is 10.8. The third-order valence-electron chi connectivity index (χ3n) is 5.24. The number of likely N-dealkylation sites (tertiary alicyclic amines) is 1. The molecule has 0 atom stereocenters. The standard InChI is InChI=1S/C20H28N2O2/c1-13(2)22-15(4)16(7-10-21-8-5-6-9-21)17-11-14(3)12-18(19(17)22)20(23)24/h11-13H,5-10H2,1-4H3,(H,23,24). The maximum absolute atomic E-state index is 11.8. The van der Waals surface area contributed by atoms with Crippen molar-refractivity contribution in [3.8, 4) is 0 Å². The van der Waals surface area contributed by atoms with Crippen LogP contribution in [0.5, 0.6) is 0 Å². The quantitative estimate of drug-likeness (QED) is 0.896. The molecule has 4 nitrogen and oxygen atoms in total. The molecule has 1 saturated heterocycles. The van der Waals surface area contributed by atoms with Crippen LogP contribution < -0.4 is 0 Å². The van der Waals surface area contributed by atoms with Gasteiger partial charge in [-0.2, -0.15) is 0 Å². The fourth-order valence-electron chi connectivity index (χ4n) is 4.18. The van der Waals surface area contributed by atoms with Crippen molar-refractivity contribution >= 4 is 16.9 Å². The Labute approximate surface area is 144 Å². The van der Waals surface area contributed by atoms with Crippen molar-refractivity contribution in [1.82, 2.24) is 9.47 Å². The van der Waals surface area contributed by atoms with Crippen LogP contribution in [0, 0.1) is 13.8 Å². The lowest BCUT2D eigenvalue weighted by atomic mass is 10.0. The summed E-state index contributed by atoms with van der Waals surface area (Å²) in [5.74, 6) is -0.839. The van der Waals surface area contributed by atoms with Crippen molar-refractivity contribution in [3.63, 3.8) is 0 Å². The van der Waals surface area contributed by atoms with Crippen molar-refractivity contribution in [2.45, 2.75) is 53.0 Å². The van der Waals surface area contributed by atoms with Crippen LogP contribution in [0.3, 0.4) is 0 Å². The number of carboxylic acids is 1. The summed E-state index contributed by atoms with van der Waals surface area (Å²) in [7, 11) is 0. The van der Waals surface area contributed by atoms with Crippen molar-refractivity contribution in [2.24, 2.45) is 0 Å². The smallest absolute Gasteiger partial charge is 0.337 e. The summed E-state index contributed by atoms with van der Waals surface area (Å²) in [5.41, 5.74) is 4.86. The van der Waals surface area contributed by atoms with Crippen LogP contribution in [-0.4, -0.2) is 40.2 Å². The van der Waals surface area contributed by atoms with Crippen LogP contribution in [0.15, 0.2) is 12.1 Å². The molecule has 0 bridgehead atoms. The van der Waals surface area contributed by atoms with E-state index in [0.29, 0.717) is 5.56 Å². The molecule has 1 aromatic heterocycles. The summed E-state index contributed by atoms with van der Waals surface area (Å²) in [4.78, 5) is 14.3. The van der Waals surface area contributed by atoms with Gasteiger partial charge < -0.3 is 14.6 Å². The van der Waals surface area contributed by atoms with Gasteiger partial charge in [0, 0.05) is 23.7 Å². The first-order chi connectivity index (χ1) is 11.4. The summed E-state index contributed by atoms with van der Waals surface area (Å²) in [6.07, 6.45) is 3.59. The molecule has 24 heavy (non-hydrogen) atoms. The fraction of sp³-hybridized carbons (Fsp3) is 0.550. The molecule has 0 saturated carbocycles. The first-order valence-corrected chi connectivity index (χ1v) is 8.99. The number of hydrogen-bond acceptors (Lipinski definition) is 2. The lowest BCUT2D eigenvalue weighted by Gasteiger charge is -2.15. The van der Waals surface area contributed by atoms with E-state index in [1.54, 1.807) is 6.07 Å². The number of rotatable bonds is 5. The molecule has 2 heterocycles. The second-order valence-corrected chi connectivity index (χ2v) is 7.34. The van der Waals surface area contributed by atoms with E-state index in [0.717, 1.165) is 29.4 Å². The number of aromatic carboxylic acids is 1. The van der Waals surface area contributed by atoms with Gasteiger partial charge in [0.05, 0.1) is 11.1 Å². The van der Waals surface area contributed by atoms with Crippen LogP contribution in [0.25, 0.3) is 10.9 Å². The predicted octanol–water partition coefficient (Wildman–Crippen LogP) is 4.18. The molecule has 1 aliphatic heterocycles. The topological polar surface area (TPSA) is 45.5 Å². The number of carbonyl (C=O) groups is 1. The molecule has 0 unspecified atom stereocenters. The van der Waals surface area contributed by atoms with Gasteiger partial charge in [0.25, 0.3) is 0 Å². The zero-order chi connectivity index (χ0) is 17.4. The van der Waals surface area contributed by atoms with Gasteiger partial charge in [-0.05, 0) is 83.3 Å². The van der Waals surface area contributed by atoms with E-state index in [4.69, 9.17) is 0 Å². The number of fused-ring (bicyclic) bond motifs is 1. The lowest BCUT2D eigenvalue weighted by Crippen LogP contribution is -2.22. The average Bonchev–Trinajstić information content (AvgIpc) is 3.10. The second-order valence-electron chi connectivity index (χ2n) is 7.34. The first kappa shape index (κ1) is 17.0. The summed E-state index contributed by atoms with van der Waals surface area (Å²) < 4.78 is 2.21. The SMILES string of the molecule is Cc1cc(C(=O)O)c2c(c1)c(CCN1CCCC1)c(C)n2C(C)C. The van der Waals surface area contributed by atoms with E-state index < -0.39 is 5.97 Å². The molecule has 0 radical (unpaired) electrons. The van der Waals surface area contributed by atoms with Gasteiger partial charge in [-0.15, -0.1) is 0 Å². The third kappa shape index (κ3) is 2.95. The molecular formula is C20H28N2O2. The van der Waals surface area contributed by atoms with E-state index in [1.165, 1.54) is 37.2 Å². The Hall–Kier alpha value is -1.81. The number of nitrogens with zero attached hydrogens (tertiary/aromatic N) is 2. The summed E-state index contributed by atoms with van der Waals surface area (Å²) in [6.45, 7) is 11.8. The molecule has 1 fully saturated rings. The van der Waals surface area contributed by atoms with Crippen molar-refractivity contribution in [1.29, 1.82) is 0 Å². The van der Waals surface area contributed by atoms with Gasteiger partial charge in [-0.1, -0.05) is 0 Å². The average molecular weight is 328 g/mol. The molecule has 130 valence electrons. The maximum Gasteiger partial charge on any atom is 0.337 e. The minimum atomic E-state index is -0.839. The Morgan fingerprint density at radius 1 is 1.21 bits per heavy atom. The molecule has 1 aliphatic rings. The van der Waals surface area contributed by atoms with Crippen LogP contribution in [0.2, 0.25) is 0 Å². The van der Waals surface area contributed by atoms with Gasteiger partial charge in [0.2, 0.25) is 0 Å². The molecule has 0 aliphatic carbocycles. The normalized spacial score (nSPS) is 15.7. The van der Waals surface area contributed by atoms with E-state index in [2.05, 4.69) is 36.3 Å². The molecule has 0 amide bonds. The number of hydrogen-bond donors (Lipinski definition) is 1. The molecule has 4 heteroatoms. The Bertz CT molecular complexity index is 768. The highest BCUT2D eigenvalue weighted by molar-refractivity contribution is 6.04. The molecule has 1 N–H and O–H groups in total. The molecule has 3 rings (SSSR count). The van der Waals surface area contributed by atoms with Crippen molar-refractivity contribution < 1.29 is 9.90 Å². The first-order valence-electron chi connectivity index (χ1n) is 8.99. The van der Waals surface area contributed by atoms with Gasteiger partial charge in [0.1, 0.15) is 0 Å². The molecule has 2 aromatic rings. The second kappa shape index (κ2) is 6.60. The predicted molar refractivity (Wildman–Crippen MR) is 98.1 cm³/mol. The molecule has 1 aromatic carbocycles. The monoisotopic (exact) mass is 328 g/mol. The third-order valence-corrected chi connectivity index (χ3v) is 5.24. The van der Waals surface area contributed by atoms with Crippen LogP contribution >= 0.6 is 0 Å². The van der Waals surface area contributed by atoms with E-state index >= 15 is 0 Å². The van der Waals surface area contributed by atoms with Gasteiger partial charge in [-0.25, -0.2) is 4.79 Å². The zero-order valence-electron chi connectivity index (χ0n) is 15.2. The number of carboxylic acid groups (broad SMARTS) is 1. The Morgan fingerprint density at radius 3 is 2.46 bits per heavy atom. The zero-order valence-corrected chi connectivity index (χ0v) is 15.2. The van der Waals surface area contributed by atoms with Gasteiger partial charge >= 0.3 is 5.97 Å². The van der Waals surface area contributed by atoms with Crippen LogP contribution in [0.4, 0.5) is 0 Å². The highest BCUT2D eigenvalue weighted by Gasteiger charge is 2.22. The minimum absolute atomic E-state index is 0.244. The number of aryl methyl sites for hydroxylation is 1.